The van der Waals surface area contributed by atoms with E-state index < -0.39 is 0 Å². The van der Waals surface area contributed by atoms with Crippen molar-refractivity contribution >= 4 is 39.4 Å². The highest BCUT2D eigenvalue weighted by Gasteiger charge is 2.20. The van der Waals surface area contributed by atoms with Crippen LogP contribution in [0, 0.1) is 0 Å². The van der Waals surface area contributed by atoms with Crippen molar-refractivity contribution in [3.05, 3.63) is 23.8 Å². The van der Waals surface area contributed by atoms with E-state index >= 15 is 0 Å². The predicted octanol–water partition coefficient (Wildman–Crippen LogP) is 1.89. The highest BCUT2D eigenvalue weighted by atomic mass is 33.1. The zero-order valence-corrected chi connectivity index (χ0v) is 12.9. The van der Waals surface area contributed by atoms with Gasteiger partial charge in [0, 0.05) is 31.7 Å². The van der Waals surface area contributed by atoms with E-state index in [0.717, 1.165) is 42.4 Å². The molecule has 20 heavy (non-hydrogen) atoms. The number of rotatable bonds is 2. The minimum absolute atomic E-state index is 0.0923. The van der Waals surface area contributed by atoms with Gasteiger partial charge in [-0.05, 0) is 36.0 Å². The van der Waals surface area contributed by atoms with Crippen LogP contribution < -0.4 is 0 Å². The molecule has 7 heteroatoms. The van der Waals surface area contributed by atoms with Crippen molar-refractivity contribution in [2.45, 2.75) is 5.16 Å². The van der Waals surface area contributed by atoms with E-state index in [1.54, 1.807) is 0 Å². The Morgan fingerprint density at radius 1 is 1.35 bits per heavy atom. The van der Waals surface area contributed by atoms with Crippen molar-refractivity contribution in [1.82, 2.24) is 19.8 Å². The maximum Gasteiger partial charge on any atom is 0.254 e. The van der Waals surface area contributed by atoms with Crippen LogP contribution in [0.2, 0.25) is 0 Å². The van der Waals surface area contributed by atoms with E-state index in [2.05, 4.69) is 33.6 Å². The third-order valence-electron chi connectivity index (χ3n) is 3.58. The van der Waals surface area contributed by atoms with Gasteiger partial charge in [-0.25, -0.2) is 4.98 Å². The lowest BCUT2D eigenvalue weighted by Crippen LogP contribution is -2.47. The molecular weight excluding hydrogens is 292 g/mol. The molecule has 0 bridgehead atoms. The van der Waals surface area contributed by atoms with Gasteiger partial charge in [0.2, 0.25) is 0 Å². The van der Waals surface area contributed by atoms with E-state index in [-0.39, 0.29) is 5.91 Å². The molecular formula is C13H16N4OS2. The van der Waals surface area contributed by atoms with Crippen molar-refractivity contribution in [2.24, 2.45) is 0 Å². The molecule has 1 aliphatic heterocycles. The molecule has 1 aromatic heterocycles. The van der Waals surface area contributed by atoms with E-state index in [1.807, 2.05) is 23.1 Å². The molecule has 106 valence electrons. The van der Waals surface area contributed by atoms with Crippen molar-refractivity contribution in [1.29, 1.82) is 0 Å². The molecule has 3 rings (SSSR count). The summed E-state index contributed by atoms with van der Waals surface area (Å²) in [4.78, 5) is 24.1. The number of hydrogen-bond acceptors (Lipinski definition) is 5. The fraction of sp³-hybridized carbons (Fsp3) is 0.385. The van der Waals surface area contributed by atoms with Crippen LogP contribution in [-0.2, 0) is 0 Å². The Balaban J connectivity index is 1.84. The molecule has 0 unspecified atom stereocenters. The number of hydrogen-bond donors (Lipinski definition) is 2. The predicted molar refractivity (Wildman–Crippen MR) is 84.3 cm³/mol. The third-order valence-corrected chi connectivity index (χ3v) is 4.47. The number of amides is 1. The lowest BCUT2D eigenvalue weighted by Gasteiger charge is -2.32. The molecule has 0 radical (unpaired) electrons. The number of nitrogens with zero attached hydrogens (tertiary/aromatic N) is 3. The van der Waals surface area contributed by atoms with Crippen LogP contribution in [0.25, 0.3) is 11.0 Å². The van der Waals surface area contributed by atoms with Crippen molar-refractivity contribution in [3.8, 4) is 0 Å². The molecule has 5 nitrogen and oxygen atoms in total. The molecule has 1 aromatic carbocycles. The van der Waals surface area contributed by atoms with Crippen LogP contribution in [0.15, 0.2) is 23.4 Å². The Morgan fingerprint density at radius 3 is 2.80 bits per heavy atom. The summed E-state index contributed by atoms with van der Waals surface area (Å²) in [6.45, 7) is 3.43. The van der Waals surface area contributed by atoms with E-state index in [4.69, 9.17) is 0 Å². The molecule has 2 aromatic rings. The molecule has 0 saturated carbocycles. The number of imidazole rings is 1. The summed E-state index contributed by atoms with van der Waals surface area (Å²) in [6, 6.07) is 5.59. The maximum absolute atomic E-state index is 12.5. The van der Waals surface area contributed by atoms with Gasteiger partial charge in [-0.15, -0.1) is 11.7 Å². The number of nitrogens with one attached hydrogen (secondary N) is 1. The number of aromatic amines is 1. The molecule has 1 N–H and O–H groups in total. The van der Waals surface area contributed by atoms with Crippen LogP contribution in [-0.4, -0.2) is 58.9 Å². The first-order valence-electron chi connectivity index (χ1n) is 6.46. The molecule has 0 spiro atoms. The second-order valence-corrected chi connectivity index (χ2v) is 6.08. The zero-order valence-electron chi connectivity index (χ0n) is 11.2. The number of carbonyl (C=O) groups excluding carboxylic acids is 1. The van der Waals surface area contributed by atoms with E-state index in [0.29, 0.717) is 5.56 Å². The zero-order chi connectivity index (χ0) is 14.1. The Hall–Kier alpha value is -1.18. The number of aromatic nitrogens is 2. The van der Waals surface area contributed by atoms with Gasteiger partial charge >= 0.3 is 0 Å². The fourth-order valence-electron chi connectivity index (χ4n) is 2.35. The summed E-state index contributed by atoms with van der Waals surface area (Å²) in [5.74, 6) is 0.0923. The Labute approximate surface area is 126 Å². The van der Waals surface area contributed by atoms with Crippen molar-refractivity contribution in [2.75, 3.05) is 33.2 Å². The van der Waals surface area contributed by atoms with Crippen molar-refractivity contribution in [3.63, 3.8) is 0 Å². The lowest BCUT2D eigenvalue weighted by atomic mass is 10.1. The van der Waals surface area contributed by atoms with E-state index in [1.165, 1.54) is 10.8 Å². The molecule has 2 heterocycles. The smallest absolute Gasteiger partial charge is 0.254 e. The summed E-state index contributed by atoms with van der Waals surface area (Å²) in [6.07, 6.45) is 0. The van der Waals surface area contributed by atoms with Gasteiger partial charge in [0.1, 0.15) is 0 Å². The largest absolute Gasteiger partial charge is 0.336 e. The van der Waals surface area contributed by atoms with Gasteiger partial charge in [-0.2, -0.15) is 0 Å². The minimum Gasteiger partial charge on any atom is -0.336 e. The monoisotopic (exact) mass is 308 g/mol. The van der Waals surface area contributed by atoms with Crippen LogP contribution in [0.5, 0.6) is 0 Å². The standard InChI is InChI=1S/C13H16N4OS2/c1-16-4-6-17(7-5-16)12(18)9-2-3-10-11(8-9)15-13(14-10)20-19/h2-3,8,19H,4-7H2,1H3,(H,14,15). The fourth-order valence-corrected chi connectivity index (χ4v) is 2.91. The highest BCUT2D eigenvalue weighted by molar-refractivity contribution is 8.68. The van der Waals surface area contributed by atoms with Gasteiger partial charge in [0.15, 0.2) is 5.16 Å². The van der Waals surface area contributed by atoms with Crippen LogP contribution in [0.4, 0.5) is 0 Å². The average Bonchev–Trinajstić information content (AvgIpc) is 2.89. The number of thiol groups is 1. The van der Waals surface area contributed by atoms with Gasteiger partial charge in [0.25, 0.3) is 5.91 Å². The average molecular weight is 308 g/mol. The second-order valence-electron chi connectivity index (χ2n) is 4.96. The summed E-state index contributed by atoms with van der Waals surface area (Å²) >= 11 is 4.12. The quantitative estimate of drug-likeness (QED) is 0.657. The maximum atomic E-state index is 12.5. The first-order valence-corrected chi connectivity index (χ1v) is 8.33. The summed E-state index contributed by atoms with van der Waals surface area (Å²) < 4.78 is 0. The highest BCUT2D eigenvalue weighted by Crippen LogP contribution is 2.23. The molecule has 1 fully saturated rings. The van der Waals surface area contributed by atoms with Crippen molar-refractivity contribution < 1.29 is 4.79 Å². The van der Waals surface area contributed by atoms with Gasteiger partial charge in [-0.3, -0.25) is 4.79 Å². The Kier molecular flexibility index (Phi) is 3.91. The first-order chi connectivity index (χ1) is 9.67. The van der Waals surface area contributed by atoms with Crippen LogP contribution >= 0.6 is 22.5 Å². The normalized spacial score (nSPS) is 16.8. The van der Waals surface area contributed by atoms with Gasteiger partial charge < -0.3 is 14.8 Å². The number of H-pyrrole nitrogens is 1. The Bertz CT molecular complexity index is 634. The number of likely N-dealkylation sites (N-methyl/N-ethyl adjacent to an activating group) is 1. The van der Waals surface area contributed by atoms with Crippen LogP contribution in [0.3, 0.4) is 0 Å². The van der Waals surface area contributed by atoms with Gasteiger partial charge in [-0.1, -0.05) is 0 Å². The second kappa shape index (κ2) is 5.67. The number of carbonyl (C=O) groups is 1. The van der Waals surface area contributed by atoms with E-state index in [9.17, 15) is 4.79 Å². The molecule has 1 saturated heterocycles. The number of benzene rings is 1. The number of piperazine rings is 1. The first kappa shape index (κ1) is 13.8. The topological polar surface area (TPSA) is 52.2 Å². The summed E-state index contributed by atoms with van der Waals surface area (Å²) in [7, 11) is 3.34. The molecule has 0 atom stereocenters. The molecule has 0 aliphatic carbocycles. The minimum atomic E-state index is 0.0923. The van der Waals surface area contributed by atoms with Gasteiger partial charge in [0.05, 0.1) is 11.0 Å². The molecule has 1 aliphatic rings. The third kappa shape index (κ3) is 2.65. The SMILES string of the molecule is CN1CCN(C(=O)c2ccc3nc(SS)[nH]c3c2)CC1. The molecule has 1 amide bonds. The Morgan fingerprint density at radius 2 is 2.10 bits per heavy atom. The number of fused-ring (bicyclic) bond motifs is 1. The van der Waals surface area contributed by atoms with Crippen LogP contribution in [0.1, 0.15) is 10.4 Å². The summed E-state index contributed by atoms with van der Waals surface area (Å²) in [5, 5.41) is 0.743. The summed E-state index contributed by atoms with van der Waals surface area (Å²) in [5.41, 5.74) is 2.44. The lowest BCUT2D eigenvalue weighted by molar-refractivity contribution is 0.0664.